The third-order valence-corrected chi connectivity index (χ3v) is 3.41. The minimum Gasteiger partial charge on any atom is -0.477 e. The maximum atomic E-state index is 12.9. The average Bonchev–Trinajstić information content (AvgIpc) is 3.16. The molecule has 2 aromatic heterocycles. The number of rotatable bonds is 5. The Balaban J connectivity index is 1.66. The van der Waals surface area contributed by atoms with Crippen LogP contribution in [0.3, 0.4) is 0 Å². The largest absolute Gasteiger partial charge is 0.477 e. The summed E-state index contributed by atoms with van der Waals surface area (Å²) < 4.78 is 18.2. The molecule has 0 bridgehead atoms. The second-order valence-corrected chi connectivity index (χ2v) is 4.88. The van der Waals surface area contributed by atoms with Crippen molar-refractivity contribution < 1.29 is 9.13 Å². The van der Waals surface area contributed by atoms with Crippen LogP contribution in [0.25, 0.3) is 0 Å². The average molecular weight is 304 g/mol. The van der Waals surface area contributed by atoms with Crippen LogP contribution in [-0.4, -0.2) is 38.3 Å². The predicted octanol–water partition coefficient (Wildman–Crippen LogP) is 2.05. The highest BCUT2D eigenvalue weighted by Gasteiger charge is 2.22. The van der Waals surface area contributed by atoms with Crippen molar-refractivity contribution in [2.45, 2.75) is 19.9 Å². The predicted molar refractivity (Wildman–Crippen MR) is 78.5 cm³/mol. The zero-order valence-electron chi connectivity index (χ0n) is 12.4. The maximum Gasteiger partial charge on any atom is 0.234 e. The van der Waals surface area contributed by atoms with Crippen molar-refractivity contribution in [3.05, 3.63) is 42.5 Å². The number of halogens is 1. The van der Waals surface area contributed by atoms with Crippen molar-refractivity contribution in [3.8, 4) is 5.88 Å². The summed E-state index contributed by atoms with van der Waals surface area (Å²) in [6.07, 6.45) is 6.24. The van der Waals surface area contributed by atoms with Crippen molar-refractivity contribution in [2.75, 3.05) is 18.2 Å². The lowest BCUT2D eigenvalue weighted by Crippen LogP contribution is -2.28. The second kappa shape index (κ2) is 6.00. The van der Waals surface area contributed by atoms with Gasteiger partial charge in [-0.2, -0.15) is 0 Å². The molecule has 0 fully saturated rings. The van der Waals surface area contributed by atoms with Crippen LogP contribution in [0.15, 0.2) is 30.9 Å². The Morgan fingerprint density at radius 3 is 2.86 bits per heavy atom. The third-order valence-electron chi connectivity index (χ3n) is 3.41. The summed E-state index contributed by atoms with van der Waals surface area (Å²) in [5, 5.41) is 7.01. The van der Waals surface area contributed by atoms with Gasteiger partial charge in [0.25, 0.3) is 0 Å². The van der Waals surface area contributed by atoms with E-state index in [0.717, 1.165) is 5.82 Å². The molecule has 8 heteroatoms. The number of hydrogen-bond donors (Lipinski definition) is 1. The van der Waals surface area contributed by atoms with Gasteiger partial charge < -0.3 is 14.5 Å². The Hall–Kier alpha value is -2.64. The number of aromatic amines is 1. The van der Waals surface area contributed by atoms with Crippen LogP contribution in [-0.2, 0) is 0 Å². The Bertz CT molecular complexity index is 656. The van der Waals surface area contributed by atoms with Crippen LogP contribution in [0.4, 0.5) is 10.2 Å². The molecule has 116 valence electrons. The quantitative estimate of drug-likeness (QED) is 0.911. The molecule has 0 unspecified atom stereocenters. The molecule has 0 saturated carbocycles. The summed E-state index contributed by atoms with van der Waals surface area (Å²) in [7, 11) is 0. The molecule has 7 nitrogen and oxygen atoms in total. The van der Waals surface area contributed by atoms with E-state index in [9.17, 15) is 4.39 Å². The van der Waals surface area contributed by atoms with E-state index in [1.165, 1.54) is 12.4 Å². The van der Waals surface area contributed by atoms with Crippen molar-refractivity contribution in [1.29, 1.82) is 0 Å². The van der Waals surface area contributed by atoms with Crippen LogP contribution in [0.1, 0.15) is 25.7 Å². The smallest absolute Gasteiger partial charge is 0.234 e. The summed E-state index contributed by atoms with van der Waals surface area (Å²) in [6, 6.07) is 1.78. The van der Waals surface area contributed by atoms with Gasteiger partial charge in [-0.15, -0.1) is 5.10 Å². The van der Waals surface area contributed by atoms with E-state index in [-0.39, 0.29) is 6.04 Å². The van der Waals surface area contributed by atoms with Crippen molar-refractivity contribution in [2.24, 2.45) is 0 Å². The second-order valence-electron chi connectivity index (χ2n) is 4.88. The molecule has 2 aromatic rings. The zero-order chi connectivity index (χ0) is 15.5. The minimum absolute atomic E-state index is 0.0591. The van der Waals surface area contributed by atoms with Crippen LogP contribution < -0.4 is 9.64 Å². The molecule has 1 atom stereocenters. The van der Waals surface area contributed by atoms with E-state index in [4.69, 9.17) is 4.74 Å². The van der Waals surface area contributed by atoms with Crippen LogP contribution in [0, 0.1) is 5.82 Å². The van der Waals surface area contributed by atoms with Crippen LogP contribution in [0.5, 0.6) is 5.88 Å². The first-order chi connectivity index (χ1) is 10.7. The lowest BCUT2D eigenvalue weighted by molar-refractivity contribution is 0.309. The van der Waals surface area contributed by atoms with Gasteiger partial charge in [0.1, 0.15) is 5.82 Å². The van der Waals surface area contributed by atoms with Gasteiger partial charge in [0.15, 0.2) is 11.6 Å². The SMILES string of the molecule is CCOc1cc(N2C=CN([C@@H](C)c3ncc(F)cn3)C2)[nH]n1. The molecule has 0 saturated heterocycles. The Morgan fingerprint density at radius 1 is 1.36 bits per heavy atom. The number of H-pyrrole nitrogens is 1. The number of anilines is 1. The van der Waals surface area contributed by atoms with Gasteiger partial charge in [-0.1, -0.05) is 0 Å². The summed E-state index contributed by atoms with van der Waals surface area (Å²) in [4.78, 5) is 12.1. The van der Waals surface area contributed by atoms with E-state index in [1.54, 1.807) is 0 Å². The number of ether oxygens (including phenoxy) is 1. The summed E-state index contributed by atoms with van der Waals surface area (Å²) in [5.74, 6) is 1.55. The number of nitrogens with zero attached hydrogens (tertiary/aromatic N) is 5. The topological polar surface area (TPSA) is 70.2 Å². The van der Waals surface area contributed by atoms with Gasteiger partial charge in [0.2, 0.25) is 5.88 Å². The Labute approximate surface area is 127 Å². The van der Waals surface area contributed by atoms with E-state index < -0.39 is 5.82 Å². The molecule has 22 heavy (non-hydrogen) atoms. The molecule has 0 aromatic carbocycles. The molecule has 1 aliphatic rings. The number of aromatic nitrogens is 4. The van der Waals surface area contributed by atoms with Gasteiger partial charge in [-0.05, 0) is 13.8 Å². The highest BCUT2D eigenvalue weighted by Crippen LogP contribution is 2.25. The summed E-state index contributed by atoms with van der Waals surface area (Å²) >= 11 is 0. The first-order valence-corrected chi connectivity index (χ1v) is 7.03. The highest BCUT2D eigenvalue weighted by molar-refractivity contribution is 5.45. The summed E-state index contributed by atoms with van der Waals surface area (Å²) in [5.41, 5.74) is 0. The standard InChI is InChI=1S/C14H17FN6O/c1-3-22-13-6-12(18-19-13)21-5-4-20(9-21)10(2)14-16-7-11(15)8-17-14/h4-8,10H,3,9H2,1-2H3,(H,18,19)/t10-/m0/s1. The fourth-order valence-electron chi connectivity index (χ4n) is 2.19. The zero-order valence-corrected chi connectivity index (χ0v) is 12.4. The van der Waals surface area contributed by atoms with Gasteiger partial charge in [0, 0.05) is 18.5 Å². The molecule has 0 amide bonds. The van der Waals surface area contributed by atoms with Crippen molar-refractivity contribution in [3.63, 3.8) is 0 Å². The molecule has 0 aliphatic carbocycles. The van der Waals surface area contributed by atoms with Gasteiger partial charge >= 0.3 is 0 Å². The summed E-state index contributed by atoms with van der Waals surface area (Å²) in [6.45, 7) is 5.08. The highest BCUT2D eigenvalue weighted by atomic mass is 19.1. The van der Waals surface area contributed by atoms with Crippen LogP contribution >= 0.6 is 0 Å². The maximum absolute atomic E-state index is 12.9. The lowest BCUT2D eigenvalue weighted by Gasteiger charge is -2.25. The first-order valence-electron chi connectivity index (χ1n) is 7.03. The molecule has 0 radical (unpaired) electrons. The third kappa shape index (κ3) is 2.85. The van der Waals surface area contributed by atoms with Crippen molar-refractivity contribution in [1.82, 2.24) is 25.1 Å². The van der Waals surface area contributed by atoms with E-state index >= 15 is 0 Å². The number of nitrogens with one attached hydrogen (secondary N) is 1. The van der Waals surface area contributed by atoms with E-state index in [1.807, 2.05) is 37.2 Å². The monoisotopic (exact) mass is 304 g/mol. The van der Waals surface area contributed by atoms with E-state index in [0.29, 0.717) is 25.0 Å². The van der Waals surface area contributed by atoms with Gasteiger partial charge in [-0.25, -0.2) is 14.4 Å². The molecule has 3 rings (SSSR count). The fourth-order valence-corrected chi connectivity index (χ4v) is 2.19. The molecule has 3 heterocycles. The molecule has 1 aliphatic heterocycles. The van der Waals surface area contributed by atoms with Gasteiger partial charge in [0.05, 0.1) is 31.7 Å². The Morgan fingerprint density at radius 2 is 2.14 bits per heavy atom. The molecule has 1 N–H and O–H groups in total. The molecule has 0 spiro atoms. The van der Waals surface area contributed by atoms with E-state index in [2.05, 4.69) is 25.1 Å². The lowest BCUT2D eigenvalue weighted by atomic mass is 10.3. The Kier molecular flexibility index (Phi) is 3.90. The molecular weight excluding hydrogens is 287 g/mol. The van der Waals surface area contributed by atoms with Gasteiger partial charge in [-0.3, -0.25) is 5.10 Å². The molecular formula is C14H17FN6O. The normalized spacial score (nSPS) is 15.4. The van der Waals surface area contributed by atoms with Crippen LogP contribution in [0.2, 0.25) is 0 Å². The minimum atomic E-state index is -0.435. The van der Waals surface area contributed by atoms with Crippen molar-refractivity contribution >= 4 is 5.82 Å². The fraction of sp³-hybridized carbons (Fsp3) is 0.357. The first kappa shape index (κ1) is 14.3. The number of hydrogen-bond acceptors (Lipinski definition) is 6.